The largest absolute Gasteiger partial charge is 0.316 e. The van der Waals surface area contributed by atoms with Crippen LogP contribution in [-0.4, -0.2) is 28.1 Å². The van der Waals surface area contributed by atoms with Crippen molar-refractivity contribution in [2.75, 3.05) is 19.6 Å². The first-order chi connectivity index (χ1) is 9.49. The van der Waals surface area contributed by atoms with Gasteiger partial charge in [-0.15, -0.1) is 0 Å². The maximum absolute atomic E-state index is 13.0. The van der Waals surface area contributed by atoms with E-state index in [2.05, 4.69) is 10.0 Å². The molecule has 0 aliphatic carbocycles. The topological polar surface area (TPSA) is 58.2 Å². The van der Waals surface area contributed by atoms with Crippen molar-refractivity contribution in [3.63, 3.8) is 0 Å². The van der Waals surface area contributed by atoms with E-state index >= 15 is 0 Å². The van der Waals surface area contributed by atoms with E-state index in [1.165, 1.54) is 6.07 Å². The summed E-state index contributed by atoms with van der Waals surface area (Å²) >= 11 is 5.60. The lowest BCUT2D eigenvalue weighted by molar-refractivity contribution is 0.358. The van der Waals surface area contributed by atoms with Crippen molar-refractivity contribution in [2.45, 2.75) is 24.2 Å². The van der Waals surface area contributed by atoms with Crippen molar-refractivity contribution < 1.29 is 12.8 Å². The van der Waals surface area contributed by atoms with Gasteiger partial charge in [-0.25, -0.2) is 17.5 Å². The van der Waals surface area contributed by atoms with Crippen LogP contribution in [0, 0.1) is 11.7 Å². The third kappa shape index (κ3) is 4.15. The second-order valence-electron chi connectivity index (χ2n) is 4.97. The number of benzene rings is 1. The van der Waals surface area contributed by atoms with Gasteiger partial charge < -0.3 is 5.32 Å². The lowest BCUT2D eigenvalue weighted by Crippen LogP contribution is -2.33. The summed E-state index contributed by atoms with van der Waals surface area (Å²) in [5, 5.41) is 3.10. The normalized spacial score (nSPS) is 20.0. The molecule has 0 aromatic heterocycles. The van der Waals surface area contributed by atoms with E-state index in [1.54, 1.807) is 0 Å². The quantitative estimate of drug-likeness (QED) is 0.874. The molecule has 2 N–H and O–H groups in total. The minimum Gasteiger partial charge on any atom is -0.316 e. The number of nitrogens with one attached hydrogen (secondary N) is 2. The Labute approximate surface area is 123 Å². The first kappa shape index (κ1) is 15.7. The highest BCUT2D eigenvalue weighted by Crippen LogP contribution is 2.19. The van der Waals surface area contributed by atoms with Crippen LogP contribution >= 0.6 is 11.6 Å². The van der Waals surface area contributed by atoms with Crippen LogP contribution in [0.4, 0.5) is 4.39 Å². The summed E-state index contributed by atoms with van der Waals surface area (Å²) < 4.78 is 39.6. The molecule has 1 aliphatic heterocycles. The van der Waals surface area contributed by atoms with E-state index in [9.17, 15) is 12.8 Å². The van der Waals surface area contributed by atoms with Crippen LogP contribution in [-0.2, 0) is 10.0 Å². The average molecular weight is 321 g/mol. The van der Waals surface area contributed by atoms with Crippen LogP contribution in [0.15, 0.2) is 23.1 Å². The van der Waals surface area contributed by atoms with Crippen LogP contribution in [0.2, 0.25) is 5.02 Å². The standard InChI is InChI=1S/C13H18ClFN2O2S/c14-12-8-11(3-4-13(12)15)20(18,19)17-7-5-10-2-1-6-16-9-10/h3-4,8,10,16-17H,1-2,5-7,9H2. The van der Waals surface area contributed by atoms with E-state index in [0.29, 0.717) is 12.5 Å². The lowest BCUT2D eigenvalue weighted by atomic mass is 9.96. The van der Waals surface area contributed by atoms with Gasteiger partial charge in [-0.1, -0.05) is 11.6 Å². The van der Waals surface area contributed by atoms with Crippen LogP contribution in [0.5, 0.6) is 0 Å². The highest BCUT2D eigenvalue weighted by atomic mass is 35.5. The molecule has 4 nitrogen and oxygen atoms in total. The zero-order chi connectivity index (χ0) is 14.6. The fraction of sp³-hybridized carbons (Fsp3) is 0.538. The zero-order valence-corrected chi connectivity index (χ0v) is 12.6. The number of piperidine rings is 1. The molecule has 0 radical (unpaired) electrons. The van der Waals surface area contributed by atoms with Crippen molar-refractivity contribution in [3.05, 3.63) is 29.0 Å². The molecule has 1 unspecified atom stereocenters. The molecular weight excluding hydrogens is 303 g/mol. The van der Waals surface area contributed by atoms with E-state index in [1.807, 2.05) is 0 Å². The molecule has 1 aliphatic rings. The van der Waals surface area contributed by atoms with Crippen LogP contribution in [0.1, 0.15) is 19.3 Å². The Bertz CT molecular complexity index is 559. The van der Waals surface area contributed by atoms with Gasteiger partial charge in [-0.05, 0) is 56.5 Å². The maximum atomic E-state index is 13.0. The molecule has 0 bridgehead atoms. The van der Waals surface area contributed by atoms with Gasteiger partial charge >= 0.3 is 0 Å². The number of halogens is 2. The number of sulfonamides is 1. The van der Waals surface area contributed by atoms with Gasteiger partial charge in [0, 0.05) is 6.54 Å². The van der Waals surface area contributed by atoms with Gasteiger partial charge in [0.15, 0.2) is 0 Å². The second kappa shape index (κ2) is 6.85. The first-order valence-corrected chi connectivity index (χ1v) is 8.50. The maximum Gasteiger partial charge on any atom is 0.240 e. The van der Waals surface area contributed by atoms with Crippen LogP contribution < -0.4 is 10.0 Å². The number of rotatable bonds is 5. The fourth-order valence-electron chi connectivity index (χ4n) is 2.30. The molecule has 0 spiro atoms. The molecule has 7 heteroatoms. The summed E-state index contributed by atoms with van der Waals surface area (Å²) in [5.74, 6) is -0.123. The van der Waals surface area contributed by atoms with Gasteiger partial charge in [-0.3, -0.25) is 0 Å². The van der Waals surface area contributed by atoms with Gasteiger partial charge in [0.2, 0.25) is 10.0 Å². The van der Waals surface area contributed by atoms with E-state index in [4.69, 9.17) is 11.6 Å². The van der Waals surface area contributed by atoms with Crippen molar-refractivity contribution in [1.29, 1.82) is 0 Å². The molecule has 1 heterocycles. The molecule has 0 amide bonds. The third-order valence-corrected chi connectivity index (χ3v) is 5.19. The van der Waals surface area contributed by atoms with Crippen molar-refractivity contribution in [3.8, 4) is 0 Å². The van der Waals surface area contributed by atoms with E-state index in [-0.39, 0.29) is 9.92 Å². The molecule has 1 fully saturated rings. The molecule has 0 saturated carbocycles. The Balaban J connectivity index is 1.91. The summed E-state index contributed by atoms with van der Waals surface area (Å²) in [4.78, 5) is -0.00864. The first-order valence-electron chi connectivity index (χ1n) is 6.64. The molecular formula is C13H18ClFN2O2S. The average Bonchev–Trinajstić information content (AvgIpc) is 2.43. The smallest absolute Gasteiger partial charge is 0.240 e. The van der Waals surface area contributed by atoms with Crippen molar-refractivity contribution >= 4 is 21.6 Å². The van der Waals surface area contributed by atoms with Crippen molar-refractivity contribution in [2.24, 2.45) is 5.92 Å². The minimum atomic E-state index is -3.62. The fourth-order valence-corrected chi connectivity index (χ4v) is 3.61. The SMILES string of the molecule is O=S(=O)(NCCC1CCCNC1)c1ccc(F)c(Cl)c1. The summed E-state index contributed by atoms with van der Waals surface area (Å²) in [5.41, 5.74) is 0. The second-order valence-corrected chi connectivity index (χ2v) is 7.15. The third-order valence-electron chi connectivity index (χ3n) is 3.44. The summed E-state index contributed by atoms with van der Waals surface area (Å²) in [6, 6.07) is 3.40. The highest BCUT2D eigenvalue weighted by molar-refractivity contribution is 7.89. The van der Waals surface area contributed by atoms with E-state index < -0.39 is 15.8 Å². The van der Waals surface area contributed by atoms with Crippen LogP contribution in [0.25, 0.3) is 0 Å². The number of hydrogen-bond acceptors (Lipinski definition) is 3. The molecule has 2 rings (SSSR count). The highest BCUT2D eigenvalue weighted by Gasteiger charge is 2.17. The van der Waals surface area contributed by atoms with Gasteiger partial charge in [0.25, 0.3) is 0 Å². The minimum absolute atomic E-state index is 0.00864. The predicted octanol–water partition coefficient (Wildman–Crippen LogP) is 2.15. The van der Waals surface area contributed by atoms with Gasteiger partial charge in [0.05, 0.1) is 9.92 Å². The van der Waals surface area contributed by atoms with Gasteiger partial charge in [0.1, 0.15) is 5.82 Å². The molecule has 20 heavy (non-hydrogen) atoms. The molecule has 1 atom stereocenters. The Morgan fingerprint density at radius 1 is 1.45 bits per heavy atom. The van der Waals surface area contributed by atoms with Crippen molar-refractivity contribution in [1.82, 2.24) is 10.0 Å². The summed E-state index contributed by atoms with van der Waals surface area (Å²) in [6.45, 7) is 2.35. The zero-order valence-electron chi connectivity index (χ0n) is 11.0. The predicted molar refractivity (Wildman–Crippen MR) is 76.8 cm³/mol. The molecule has 112 valence electrons. The Hall–Kier alpha value is -0.690. The van der Waals surface area contributed by atoms with Crippen LogP contribution in [0.3, 0.4) is 0 Å². The summed E-state index contributed by atoms with van der Waals surface area (Å²) in [6.07, 6.45) is 3.04. The lowest BCUT2D eigenvalue weighted by Gasteiger charge is -2.22. The summed E-state index contributed by atoms with van der Waals surface area (Å²) in [7, 11) is -3.62. The Morgan fingerprint density at radius 2 is 2.25 bits per heavy atom. The Morgan fingerprint density at radius 3 is 2.90 bits per heavy atom. The van der Waals surface area contributed by atoms with E-state index in [0.717, 1.165) is 44.5 Å². The Kier molecular flexibility index (Phi) is 5.37. The van der Waals surface area contributed by atoms with Gasteiger partial charge in [-0.2, -0.15) is 0 Å². The molecule has 1 aromatic rings. The number of hydrogen-bond donors (Lipinski definition) is 2. The molecule has 1 saturated heterocycles. The molecule has 1 aromatic carbocycles. The monoisotopic (exact) mass is 320 g/mol.